The quantitative estimate of drug-likeness (QED) is 0.603. The molecule has 21 heavy (non-hydrogen) atoms. The van der Waals surface area contributed by atoms with Gasteiger partial charge in [0.15, 0.2) is 0 Å². The van der Waals surface area contributed by atoms with Gasteiger partial charge in [-0.25, -0.2) is 4.98 Å². The minimum Gasteiger partial charge on any atom is -0.380 e. The Kier molecular flexibility index (Phi) is 5.05. The Morgan fingerprint density at radius 1 is 1.43 bits per heavy atom. The molecule has 1 aromatic heterocycles. The number of fused-ring (bicyclic) bond motifs is 1. The van der Waals surface area contributed by atoms with Crippen molar-refractivity contribution in [2.24, 2.45) is 5.73 Å². The second kappa shape index (κ2) is 6.99. The molecule has 0 amide bonds. The summed E-state index contributed by atoms with van der Waals surface area (Å²) in [5, 5.41) is 15.2. The summed E-state index contributed by atoms with van der Waals surface area (Å²) in [6.45, 7) is 2.66. The SMILES string of the molecule is CCCCC(CN)Nc1ccc([N+](=O)[O-])c2ncccc12. The van der Waals surface area contributed by atoms with E-state index in [-0.39, 0.29) is 11.7 Å². The van der Waals surface area contributed by atoms with Gasteiger partial charge in [-0.2, -0.15) is 0 Å². The van der Waals surface area contributed by atoms with Crippen LogP contribution in [0.4, 0.5) is 11.4 Å². The molecule has 0 fully saturated rings. The Morgan fingerprint density at radius 3 is 2.90 bits per heavy atom. The van der Waals surface area contributed by atoms with E-state index in [1.807, 2.05) is 6.07 Å². The van der Waals surface area contributed by atoms with Crippen LogP contribution in [0, 0.1) is 10.1 Å². The number of hydrogen-bond donors (Lipinski definition) is 2. The fraction of sp³-hybridized carbons (Fsp3) is 0.400. The molecule has 0 aliphatic heterocycles. The topological polar surface area (TPSA) is 94.1 Å². The molecule has 0 bridgehead atoms. The minimum absolute atomic E-state index is 0.0222. The lowest BCUT2D eigenvalue weighted by Gasteiger charge is -2.19. The van der Waals surface area contributed by atoms with Gasteiger partial charge in [0.25, 0.3) is 5.69 Å². The first-order valence-corrected chi connectivity index (χ1v) is 7.16. The highest BCUT2D eigenvalue weighted by molar-refractivity contribution is 5.96. The van der Waals surface area contributed by atoms with E-state index >= 15 is 0 Å². The number of pyridine rings is 1. The van der Waals surface area contributed by atoms with Crippen LogP contribution in [0.5, 0.6) is 0 Å². The van der Waals surface area contributed by atoms with Crippen LogP contribution >= 0.6 is 0 Å². The molecule has 2 rings (SSSR count). The molecule has 0 saturated heterocycles. The largest absolute Gasteiger partial charge is 0.380 e. The number of nitrogens with one attached hydrogen (secondary N) is 1. The van der Waals surface area contributed by atoms with E-state index in [1.165, 1.54) is 6.07 Å². The van der Waals surface area contributed by atoms with Gasteiger partial charge in [0.2, 0.25) is 0 Å². The average molecular weight is 288 g/mol. The van der Waals surface area contributed by atoms with Crippen LogP contribution < -0.4 is 11.1 Å². The fourth-order valence-corrected chi connectivity index (χ4v) is 2.35. The third-order valence-corrected chi connectivity index (χ3v) is 3.50. The molecule has 112 valence electrons. The second-order valence-corrected chi connectivity index (χ2v) is 5.01. The van der Waals surface area contributed by atoms with Gasteiger partial charge in [0.1, 0.15) is 5.52 Å². The third kappa shape index (κ3) is 3.46. The van der Waals surface area contributed by atoms with Gasteiger partial charge in [-0.3, -0.25) is 10.1 Å². The number of nitrogens with zero attached hydrogens (tertiary/aromatic N) is 2. The van der Waals surface area contributed by atoms with Gasteiger partial charge in [0, 0.05) is 35.9 Å². The predicted octanol–water partition coefficient (Wildman–Crippen LogP) is 3.07. The summed E-state index contributed by atoms with van der Waals surface area (Å²) in [7, 11) is 0. The summed E-state index contributed by atoms with van der Waals surface area (Å²) in [4.78, 5) is 14.8. The first-order chi connectivity index (χ1) is 10.2. The molecule has 2 aromatic rings. The van der Waals surface area contributed by atoms with Gasteiger partial charge in [-0.15, -0.1) is 0 Å². The molecule has 1 aromatic carbocycles. The zero-order chi connectivity index (χ0) is 15.2. The van der Waals surface area contributed by atoms with Crippen LogP contribution in [0.3, 0.4) is 0 Å². The first-order valence-electron chi connectivity index (χ1n) is 7.16. The fourth-order valence-electron chi connectivity index (χ4n) is 2.35. The molecule has 1 heterocycles. The molecule has 6 heteroatoms. The molecular formula is C15H20N4O2. The van der Waals surface area contributed by atoms with Crippen LogP contribution in [0.1, 0.15) is 26.2 Å². The van der Waals surface area contributed by atoms with Crippen LogP contribution in [0.25, 0.3) is 10.9 Å². The Bertz CT molecular complexity index is 630. The number of hydrogen-bond acceptors (Lipinski definition) is 5. The average Bonchev–Trinajstić information content (AvgIpc) is 2.51. The Balaban J connectivity index is 2.36. The Labute approximate surface area is 123 Å². The summed E-state index contributed by atoms with van der Waals surface area (Å²) < 4.78 is 0. The number of anilines is 1. The van der Waals surface area contributed by atoms with E-state index in [0.717, 1.165) is 30.3 Å². The smallest absolute Gasteiger partial charge is 0.295 e. The van der Waals surface area contributed by atoms with Crippen molar-refractivity contribution in [3.63, 3.8) is 0 Å². The van der Waals surface area contributed by atoms with Gasteiger partial charge in [-0.1, -0.05) is 19.8 Å². The highest BCUT2D eigenvalue weighted by atomic mass is 16.6. The number of non-ortho nitro benzene ring substituents is 1. The van der Waals surface area contributed by atoms with Crippen molar-refractivity contribution < 1.29 is 4.92 Å². The number of unbranched alkanes of at least 4 members (excludes halogenated alkanes) is 1. The number of nitro benzene ring substituents is 1. The summed E-state index contributed by atoms with van der Waals surface area (Å²) in [6.07, 6.45) is 4.75. The number of nitro groups is 1. The van der Waals surface area contributed by atoms with E-state index in [4.69, 9.17) is 5.73 Å². The summed E-state index contributed by atoms with van der Waals surface area (Å²) in [5.41, 5.74) is 7.06. The molecular weight excluding hydrogens is 268 g/mol. The lowest BCUT2D eigenvalue weighted by atomic mass is 10.1. The maximum absolute atomic E-state index is 11.1. The molecule has 0 spiro atoms. The first kappa shape index (κ1) is 15.2. The molecule has 0 saturated carbocycles. The molecule has 0 radical (unpaired) electrons. The van der Waals surface area contributed by atoms with Gasteiger partial charge in [0.05, 0.1) is 4.92 Å². The maximum atomic E-state index is 11.1. The normalized spacial score (nSPS) is 12.3. The zero-order valence-corrected chi connectivity index (χ0v) is 12.1. The van der Waals surface area contributed by atoms with E-state index in [0.29, 0.717) is 12.1 Å². The monoisotopic (exact) mass is 288 g/mol. The van der Waals surface area contributed by atoms with Gasteiger partial charge in [-0.05, 0) is 24.6 Å². The number of aromatic nitrogens is 1. The summed E-state index contributed by atoms with van der Waals surface area (Å²) in [6, 6.07) is 7.00. The van der Waals surface area contributed by atoms with E-state index < -0.39 is 4.92 Å². The second-order valence-electron chi connectivity index (χ2n) is 5.01. The highest BCUT2D eigenvalue weighted by Crippen LogP contribution is 2.30. The minimum atomic E-state index is -0.406. The van der Waals surface area contributed by atoms with Crippen molar-refractivity contribution in [2.45, 2.75) is 32.2 Å². The molecule has 3 N–H and O–H groups in total. The van der Waals surface area contributed by atoms with Crippen molar-refractivity contribution in [3.8, 4) is 0 Å². The van der Waals surface area contributed by atoms with Crippen molar-refractivity contribution in [2.75, 3.05) is 11.9 Å². The van der Waals surface area contributed by atoms with Gasteiger partial charge < -0.3 is 11.1 Å². The van der Waals surface area contributed by atoms with E-state index in [2.05, 4.69) is 17.2 Å². The summed E-state index contributed by atoms with van der Waals surface area (Å²) in [5.74, 6) is 0. The zero-order valence-electron chi connectivity index (χ0n) is 12.1. The Morgan fingerprint density at radius 2 is 2.24 bits per heavy atom. The standard InChI is InChI=1S/C15H20N4O2/c1-2-3-5-11(10-16)18-13-7-8-14(19(20)21)15-12(13)6-4-9-17-15/h4,6-9,11,18H,2-3,5,10,16H2,1H3. The van der Waals surface area contributed by atoms with E-state index in [1.54, 1.807) is 18.3 Å². The van der Waals surface area contributed by atoms with Crippen molar-refractivity contribution in [1.29, 1.82) is 0 Å². The van der Waals surface area contributed by atoms with Crippen LogP contribution in [0.15, 0.2) is 30.5 Å². The molecule has 0 aliphatic rings. The lowest BCUT2D eigenvalue weighted by Crippen LogP contribution is -2.28. The number of nitrogens with two attached hydrogens (primary N) is 1. The van der Waals surface area contributed by atoms with Crippen molar-refractivity contribution in [1.82, 2.24) is 4.98 Å². The third-order valence-electron chi connectivity index (χ3n) is 3.50. The highest BCUT2D eigenvalue weighted by Gasteiger charge is 2.16. The molecule has 1 unspecified atom stereocenters. The number of rotatable bonds is 7. The van der Waals surface area contributed by atoms with Crippen molar-refractivity contribution >= 4 is 22.3 Å². The molecule has 1 atom stereocenters. The van der Waals surface area contributed by atoms with Gasteiger partial charge >= 0.3 is 0 Å². The van der Waals surface area contributed by atoms with E-state index in [9.17, 15) is 10.1 Å². The summed E-state index contributed by atoms with van der Waals surface area (Å²) >= 11 is 0. The van der Waals surface area contributed by atoms with Crippen molar-refractivity contribution in [3.05, 3.63) is 40.6 Å². The Hall–Kier alpha value is -2.21. The van der Waals surface area contributed by atoms with Crippen LogP contribution in [-0.2, 0) is 0 Å². The van der Waals surface area contributed by atoms with Crippen LogP contribution in [0.2, 0.25) is 0 Å². The van der Waals surface area contributed by atoms with Crippen LogP contribution in [-0.4, -0.2) is 22.5 Å². The molecule has 0 aliphatic carbocycles. The number of benzene rings is 1. The lowest BCUT2D eigenvalue weighted by molar-refractivity contribution is -0.383. The maximum Gasteiger partial charge on any atom is 0.295 e. The predicted molar refractivity (Wildman–Crippen MR) is 84.4 cm³/mol. The molecule has 6 nitrogen and oxygen atoms in total.